The number of carbonyl (C=O) groups is 1. The van der Waals surface area contributed by atoms with Crippen LogP contribution in [0.3, 0.4) is 0 Å². The molecular formula is C13H14N2O2. The first-order valence-electron chi connectivity index (χ1n) is 5.64. The fourth-order valence-electron chi connectivity index (χ4n) is 2.20. The average Bonchev–Trinajstić information content (AvgIpc) is 2.79. The van der Waals surface area contributed by atoms with E-state index < -0.39 is 12.0 Å². The molecule has 2 atom stereocenters. The maximum Gasteiger partial charge on any atom is 0.320 e. The van der Waals surface area contributed by atoms with Gasteiger partial charge in [-0.2, -0.15) is 5.26 Å². The fraction of sp³-hybridized carbons (Fsp3) is 0.385. The van der Waals surface area contributed by atoms with Gasteiger partial charge in [-0.05, 0) is 43.0 Å². The summed E-state index contributed by atoms with van der Waals surface area (Å²) in [6.07, 6.45) is 1.54. The molecule has 1 aliphatic rings. The highest BCUT2D eigenvalue weighted by molar-refractivity contribution is 5.73. The highest BCUT2D eigenvalue weighted by Gasteiger charge is 2.28. The van der Waals surface area contributed by atoms with Crippen LogP contribution in [0.4, 0.5) is 0 Å². The van der Waals surface area contributed by atoms with Crippen molar-refractivity contribution < 1.29 is 9.90 Å². The largest absolute Gasteiger partial charge is 0.480 e. The van der Waals surface area contributed by atoms with E-state index in [0.717, 1.165) is 18.5 Å². The first-order valence-corrected chi connectivity index (χ1v) is 5.64. The number of carboxylic acid groups (broad SMARTS) is 1. The third kappa shape index (κ3) is 2.83. The summed E-state index contributed by atoms with van der Waals surface area (Å²) in [4.78, 5) is 10.8. The van der Waals surface area contributed by atoms with Gasteiger partial charge >= 0.3 is 5.97 Å². The van der Waals surface area contributed by atoms with Gasteiger partial charge in [0, 0.05) is 0 Å². The van der Waals surface area contributed by atoms with E-state index in [-0.39, 0.29) is 0 Å². The summed E-state index contributed by atoms with van der Waals surface area (Å²) in [7, 11) is 0. The number of nitrogens with zero attached hydrogens (tertiary/aromatic N) is 1. The molecule has 1 saturated heterocycles. The van der Waals surface area contributed by atoms with Crippen LogP contribution in [0.1, 0.15) is 17.5 Å². The van der Waals surface area contributed by atoms with Crippen LogP contribution in [0.2, 0.25) is 0 Å². The molecule has 4 heteroatoms. The van der Waals surface area contributed by atoms with Gasteiger partial charge in [-0.1, -0.05) is 12.1 Å². The van der Waals surface area contributed by atoms with E-state index in [1.807, 2.05) is 12.1 Å². The Hall–Kier alpha value is -1.86. The number of hydrogen-bond acceptors (Lipinski definition) is 3. The van der Waals surface area contributed by atoms with E-state index in [9.17, 15) is 4.79 Å². The SMILES string of the molecule is N#Cc1ccc(C[C@@H]2CN[C@@H](C(=O)O)C2)cc1. The number of benzene rings is 1. The van der Waals surface area contributed by atoms with E-state index in [1.54, 1.807) is 12.1 Å². The second-order valence-electron chi connectivity index (χ2n) is 4.41. The third-order valence-electron chi connectivity index (χ3n) is 3.13. The van der Waals surface area contributed by atoms with Crippen LogP contribution in [-0.4, -0.2) is 23.7 Å². The average molecular weight is 230 g/mol. The summed E-state index contributed by atoms with van der Waals surface area (Å²) >= 11 is 0. The topological polar surface area (TPSA) is 73.1 Å². The molecule has 0 spiro atoms. The number of aliphatic carboxylic acids is 1. The van der Waals surface area contributed by atoms with Crippen molar-refractivity contribution in [3.63, 3.8) is 0 Å². The zero-order valence-corrected chi connectivity index (χ0v) is 9.39. The highest BCUT2D eigenvalue weighted by atomic mass is 16.4. The predicted molar refractivity (Wildman–Crippen MR) is 62.4 cm³/mol. The van der Waals surface area contributed by atoms with Crippen LogP contribution < -0.4 is 5.32 Å². The van der Waals surface area contributed by atoms with E-state index in [2.05, 4.69) is 11.4 Å². The normalized spacial score (nSPS) is 23.2. The number of carboxylic acids is 1. The van der Waals surface area contributed by atoms with E-state index >= 15 is 0 Å². The van der Waals surface area contributed by atoms with Crippen LogP contribution in [0.5, 0.6) is 0 Å². The second-order valence-corrected chi connectivity index (χ2v) is 4.41. The molecule has 0 aliphatic carbocycles. The molecule has 1 aromatic rings. The van der Waals surface area contributed by atoms with E-state index in [1.165, 1.54) is 0 Å². The Balaban J connectivity index is 1.94. The fourth-order valence-corrected chi connectivity index (χ4v) is 2.20. The van der Waals surface area contributed by atoms with Gasteiger partial charge in [0.15, 0.2) is 0 Å². The minimum absolute atomic E-state index is 0.365. The molecule has 1 heterocycles. The molecule has 1 aromatic carbocycles. The van der Waals surface area contributed by atoms with Crippen molar-refractivity contribution in [1.82, 2.24) is 5.32 Å². The van der Waals surface area contributed by atoms with E-state index in [4.69, 9.17) is 10.4 Å². The molecule has 0 bridgehead atoms. The first kappa shape index (κ1) is 11.6. The molecule has 0 aromatic heterocycles. The summed E-state index contributed by atoms with van der Waals surface area (Å²) < 4.78 is 0. The molecule has 4 nitrogen and oxygen atoms in total. The van der Waals surface area contributed by atoms with Gasteiger partial charge in [0.1, 0.15) is 6.04 Å². The lowest BCUT2D eigenvalue weighted by atomic mass is 9.96. The summed E-state index contributed by atoms with van der Waals surface area (Å²) in [5, 5.41) is 20.5. The lowest BCUT2D eigenvalue weighted by Crippen LogP contribution is -2.29. The Labute approximate surface area is 99.9 Å². The Morgan fingerprint density at radius 3 is 2.71 bits per heavy atom. The van der Waals surface area contributed by atoms with E-state index in [0.29, 0.717) is 17.9 Å². The van der Waals surface area contributed by atoms with Crippen molar-refractivity contribution in [3.05, 3.63) is 35.4 Å². The molecule has 0 radical (unpaired) electrons. The van der Waals surface area contributed by atoms with Gasteiger partial charge in [0.05, 0.1) is 11.6 Å². The highest BCUT2D eigenvalue weighted by Crippen LogP contribution is 2.19. The van der Waals surface area contributed by atoms with Crippen LogP contribution in [0.15, 0.2) is 24.3 Å². The standard InChI is InChI=1S/C13H14N2O2/c14-7-10-3-1-9(2-4-10)5-11-6-12(13(16)17)15-8-11/h1-4,11-12,15H,5-6,8H2,(H,16,17)/t11-,12+/m0/s1. The van der Waals surface area contributed by atoms with Crippen molar-refractivity contribution in [3.8, 4) is 6.07 Å². The molecule has 0 saturated carbocycles. The summed E-state index contributed by atoms with van der Waals surface area (Å²) in [5.41, 5.74) is 1.81. The minimum Gasteiger partial charge on any atom is -0.480 e. The van der Waals surface area contributed by atoms with Crippen molar-refractivity contribution in [2.24, 2.45) is 5.92 Å². The van der Waals surface area contributed by atoms with Crippen LogP contribution in [0.25, 0.3) is 0 Å². The molecule has 0 unspecified atom stereocenters. The van der Waals surface area contributed by atoms with Gasteiger partial charge in [-0.3, -0.25) is 4.79 Å². The van der Waals surface area contributed by atoms with Gasteiger partial charge in [0.25, 0.3) is 0 Å². The zero-order valence-electron chi connectivity index (χ0n) is 9.39. The van der Waals surface area contributed by atoms with Gasteiger partial charge in [-0.15, -0.1) is 0 Å². The maximum atomic E-state index is 10.8. The monoisotopic (exact) mass is 230 g/mol. The summed E-state index contributed by atoms with van der Waals surface area (Å²) in [5.74, 6) is -0.406. The Morgan fingerprint density at radius 2 is 2.18 bits per heavy atom. The Morgan fingerprint density at radius 1 is 1.47 bits per heavy atom. The Bertz CT molecular complexity index is 447. The second kappa shape index (κ2) is 4.98. The minimum atomic E-state index is -0.771. The molecule has 1 fully saturated rings. The van der Waals surface area contributed by atoms with Crippen molar-refractivity contribution in [2.75, 3.05) is 6.54 Å². The lowest BCUT2D eigenvalue weighted by molar-refractivity contribution is -0.139. The molecule has 1 aliphatic heterocycles. The lowest BCUT2D eigenvalue weighted by Gasteiger charge is -2.08. The Kier molecular flexibility index (Phi) is 3.40. The van der Waals surface area contributed by atoms with Gasteiger partial charge < -0.3 is 10.4 Å². The predicted octanol–water partition coefficient (Wildman–Crippen LogP) is 1.16. The third-order valence-corrected chi connectivity index (χ3v) is 3.13. The number of nitriles is 1. The number of hydrogen-bond donors (Lipinski definition) is 2. The molecule has 17 heavy (non-hydrogen) atoms. The van der Waals surface area contributed by atoms with Crippen molar-refractivity contribution in [2.45, 2.75) is 18.9 Å². The first-order chi connectivity index (χ1) is 8.19. The molecule has 2 rings (SSSR count). The smallest absolute Gasteiger partial charge is 0.320 e. The molecule has 2 N–H and O–H groups in total. The quantitative estimate of drug-likeness (QED) is 0.817. The molecule has 0 amide bonds. The van der Waals surface area contributed by atoms with Crippen LogP contribution >= 0.6 is 0 Å². The molecular weight excluding hydrogens is 216 g/mol. The summed E-state index contributed by atoms with van der Waals surface area (Å²) in [6.45, 7) is 0.747. The molecule has 88 valence electrons. The van der Waals surface area contributed by atoms with Gasteiger partial charge in [-0.25, -0.2) is 0 Å². The summed E-state index contributed by atoms with van der Waals surface area (Å²) in [6, 6.07) is 9.15. The number of nitrogens with one attached hydrogen (secondary N) is 1. The van der Waals surface area contributed by atoms with Crippen LogP contribution in [-0.2, 0) is 11.2 Å². The van der Waals surface area contributed by atoms with Gasteiger partial charge in [0.2, 0.25) is 0 Å². The van der Waals surface area contributed by atoms with Crippen molar-refractivity contribution >= 4 is 5.97 Å². The number of rotatable bonds is 3. The van der Waals surface area contributed by atoms with Crippen molar-refractivity contribution in [1.29, 1.82) is 5.26 Å². The van der Waals surface area contributed by atoms with Crippen LogP contribution in [0, 0.1) is 17.2 Å². The zero-order chi connectivity index (χ0) is 12.3. The maximum absolute atomic E-state index is 10.8.